The molecule has 6 nitrogen and oxygen atoms in total. The number of aromatic nitrogens is 3. The number of nitrogens with one attached hydrogen (secondary N) is 1. The molecule has 0 spiro atoms. The van der Waals surface area contributed by atoms with E-state index in [9.17, 15) is 9.59 Å². The van der Waals surface area contributed by atoms with Crippen LogP contribution in [0.25, 0.3) is 0 Å². The maximum Gasteiger partial charge on any atom is 0.272 e. The van der Waals surface area contributed by atoms with Crippen LogP contribution in [0.3, 0.4) is 0 Å². The molecule has 1 N–H and O–H groups in total. The smallest absolute Gasteiger partial charge is 0.272 e. The Morgan fingerprint density at radius 3 is 2.82 bits per heavy atom. The van der Waals surface area contributed by atoms with Crippen LogP contribution < -0.4 is 10.9 Å². The summed E-state index contributed by atoms with van der Waals surface area (Å²) in [6.07, 6.45) is 3.49. The minimum atomic E-state index is -0.316. The predicted molar refractivity (Wildman–Crippen MR) is 83.5 cm³/mol. The minimum absolute atomic E-state index is 0.192. The molecule has 0 aliphatic heterocycles. The molecule has 2 aromatic rings. The van der Waals surface area contributed by atoms with Crippen LogP contribution in [0, 0.1) is 0 Å². The lowest BCUT2D eigenvalue weighted by atomic mass is 10.2. The first-order valence-electron chi connectivity index (χ1n) is 7.41. The second kappa shape index (κ2) is 7.49. The van der Waals surface area contributed by atoms with Gasteiger partial charge in [-0.25, -0.2) is 4.68 Å². The number of nitrogens with zero attached hydrogens (tertiary/aromatic N) is 3. The van der Waals surface area contributed by atoms with Crippen LogP contribution in [0.15, 0.2) is 41.3 Å². The number of amides is 1. The maximum atomic E-state index is 12.2. The van der Waals surface area contributed by atoms with E-state index in [1.54, 1.807) is 6.20 Å². The molecule has 22 heavy (non-hydrogen) atoms. The van der Waals surface area contributed by atoms with E-state index in [1.165, 1.54) is 16.8 Å². The number of carbonyl (C=O) groups is 1. The first kappa shape index (κ1) is 15.9. The number of carbonyl (C=O) groups excluding carboxylic acids is 1. The van der Waals surface area contributed by atoms with Gasteiger partial charge in [-0.1, -0.05) is 19.4 Å². The van der Waals surface area contributed by atoms with Crippen molar-refractivity contribution in [2.24, 2.45) is 0 Å². The van der Waals surface area contributed by atoms with Gasteiger partial charge >= 0.3 is 0 Å². The van der Waals surface area contributed by atoms with E-state index in [0.29, 0.717) is 6.54 Å². The van der Waals surface area contributed by atoms with Gasteiger partial charge < -0.3 is 5.32 Å². The highest BCUT2D eigenvalue weighted by atomic mass is 16.2. The van der Waals surface area contributed by atoms with E-state index in [-0.39, 0.29) is 23.2 Å². The van der Waals surface area contributed by atoms with Gasteiger partial charge in [0.15, 0.2) is 0 Å². The van der Waals surface area contributed by atoms with Gasteiger partial charge in [-0.15, -0.1) is 0 Å². The van der Waals surface area contributed by atoms with Crippen molar-refractivity contribution in [2.45, 2.75) is 39.3 Å². The zero-order chi connectivity index (χ0) is 15.9. The van der Waals surface area contributed by atoms with Crippen molar-refractivity contribution in [3.8, 4) is 0 Å². The Bertz CT molecular complexity index is 682. The number of hydrogen-bond acceptors (Lipinski definition) is 4. The van der Waals surface area contributed by atoms with E-state index in [0.717, 1.165) is 18.5 Å². The van der Waals surface area contributed by atoms with E-state index < -0.39 is 0 Å². The van der Waals surface area contributed by atoms with Crippen molar-refractivity contribution < 1.29 is 4.79 Å². The van der Waals surface area contributed by atoms with Gasteiger partial charge in [0, 0.05) is 18.8 Å². The molecule has 0 aliphatic rings. The largest absolute Gasteiger partial charge is 0.343 e. The van der Waals surface area contributed by atoms with Crippen molar-refractivity contribution in [3.63, 3.8) is 0 Å². The molecule has 2 aromatic heterocycles. The fraction of sp³-hybridized carbons (Fsp3) is 0.375. The van der Waals surface area contributed by atoms with Crippen LogP contribution in [0.4, 0.5) is 0 Å². The third kappa shape index (κ3) is 4.00. The third-order valence-electron chi connectivity index (χ3n) is 3.30. The first-order valence-corrected chi connectivity index (χ1v) is 7.41. The summed E-state index contributed by atoms with van der Waals surface area (Å²) in [5.74, 6) is -0.316. The average molecular weight is 300 g/mol. The Hall–Kier alpha value is -2.50. The summed E-state index contributed by atoms with van der Waals surface area (Å²) < 4.78 is 1.34. The summed E-state index contributed by atoms with van der Waals surface area (Å²) in [7, 11) is 0. The highest BCUT2D eigenvalue weighted by Gasteiger charge is 2.14. The zero-order valence-corrected chi connectivity index (χ0v) is 12.8. The Labute approximate surface area is 129 Å². The van der Waals surface area contributed by atoms with Gasteiger partial charge in [0.2, 0.25) is 0 Å². The summed E-state index contributed by atoms with van der Waals surface area (Å²) in [6.45, 7) is 4.41. The summed E-state index contributed by atoms with van der Waals surface area (Å²) >= 11 is 0. The van der Waals surface area contributed by atoms with Crippen LogP contribution in [-0.2, 0) is 6.54 Å². The lowest BCUT2D eigenvalue weighted by molar-refractivity contribution is 0.0931. The van der Waals surface area contributed by atoms with Crippen molar-refractivity contribution >= 4 is 5.91 Å². The highest BCUT2D eigenvalue weighted by molar-refractivity contribution is 5.92. The molecule has 0 aromatic carbocycles. The molecule has 0 radical (unpaired) electrons. The molecular weight excluding hydrogens is 280 g/mol. The second-order valence-corrected chi connectivity index (χ2v) is 5.08. The fourth-order valence-corrected chi connectivity index (χ4v) is 2.01. The van der Waals surface area contributed by atoms with Gasteiger partial charge in [0.25, 0.3) is 11.5 Å². The molecule has 116 valence electrons. The maximum absolute atomic E-state index is 12.2. The van der Waals surface area contributed by atoms with Gasteiger partial charge in [-0.05, 0) is 31.5 Å². The zero-order valence-electron chi connectivity index (χ0n) is 12.8. The second-order valence-electron chi connectivity index (χ2n) is 5.08. The standard InChI is InChI=1S/C16H20N4O2/c1-3-4-11-20-15(21)9-8-14(19-20)16(22)18-12(2)13-7-5-6-10-17-13/h5-10,12H,3-4,11H2,1-2H3,(H,18,22). The lowest BCUT2D eigenvalue weighted by Gasteiger charge is -2.13. The molecule has 2 heterocycles. The summed E-state index contributed by atoms with van der Waals surface area (Å²) in [5, 5.41) is 6.96. The third-order valence-corrected chi connectivity index (χ3v) is 3.30. The van der Waals surface area contributed by atoms with Crippen LogP contribution in [-0.4, -0.2) is 20.7 Å². The summed E-state index contributed by atoms with van der Waals surface area (Å²) in [6, 6.07) is 8.14. The predicted octanol–water partition coefficient (Wildman–Crippen LogP) is 1.93. The Morgan fingerprint density at radius 2 is 2.14 bits per heavy atom. The number of aryl methyl sites for hydroxylation is 1. The molecule has 1 atom stereocenters. The number of pyridine rings is 1. The van der Waals surface area contributed by atoms with Crippen molar-refractivity contribution in [1.82, 2.24) is 20.1 Å². The molecule has 0 aliphatic carbocycles. The van der Waals surface area contributed by atoms with Crippen LogP contribution in [0.1, 0.15) is 48.9 Å². The van der Waals surface area contributed by atoms with Gasteiger partial charge in [-0.3, -0.25) is 14.6 Å². The molecule has 0 fully saturated rings. The molecule has 2 rings (SSSR count). The molecule has 1 amide bonds. The van der Waals surface area contributed by atoms with Crippen molar-refractivity contribution in [3.05, 3.63) is 58.3 Å². The van der Waals surface area contributed by atoms with Gasteiger partial charge in [0.1, 0.15) is 5.69 Å². The monoisotopic (exact) mass is 300 g/mol. The lowest BCUT2D eigenvalue weighted by Crippen LogP contribution is -2.31. The quantitative estimate of drug-likeness (QED) is 0.884. The summed E-state index contributed by atoms with van der Waals surface area (Å²) in [4.78, 5) is 28.2. The molecular formula is C16H20N4O2. The number of unbranched alkanes of at least 4 members (excludes halogenated alkanes) is 1. The van der Waals surface area contributed by atoms with Crippen LogP contribution >= 0.6 is 0 Å². The average Bonchev–Trinajstić information content (AvgIpc) is 2.54. The van der Waals surface area contributed by atoms with Crippen molar-refractivity contribution in [2.75, 3.05) is 0 Å². The highest BCUT2D eigenvalue weighted by Crippen LogP contribution is 2.08. The Morgan fingerprint density at radius 1 is 1.32 bits per heavy atom. The SMILES string of the molecule is CCCCn1nc(C(=O)NC(C)c2ccccn2)ccc1=O. The van der Waals surface area contributed by atoms with E-state index in [4.69, 9.17) is 0 Å². The molecule has 1 unspecified atom stereocenters. The molecule has 0 saturated carbocycles. The number of rotatable bonds is 6. The normalized spacial score (nSPS) is 11.9. The first-order chi connectivity index (χ1) is 10.6. The van der Waals surface area contributed by atoms with Gasteiger partial charge in [0.05, 0.1) is 11.7 Å². The molecule has 6 heteroatoms. The van der Waals surface area contributed by atoms with Crippen molar-refractivity contribution in [1.29, 1.82) is 0 Å². The topological polar surface area (TPSA) is 76.9 Å². The number of hydrogen-bond donors (Lipinski definition) is 1. The fourth-order valence-electron chi connectivity index (χ4n) is 2.01. The minimum Gasteiger partial charge on any atom is -0.343 e. The molecule has 0 saturated heterocycles. The van der Waals surface area contributed by atoms with Crippen LogP contribution in [0.5, 0.6) is 0 Å². The van der Waals surface area contributed by atoms with E-state index in [1.807, 2.05) is 32.0 Å². The molecule has 0 bridgehead atoms. The Balaban J connectivity index is 2.11. The summed E-state index contributed by atoms with van der Waals surface area (Å²) in [5.41, 5.74) is 0.816. The van der Waals surface area contributed by atoms with E-state index >= 15 is 0 Å². The Kier molecular flexibility index (Phi) is 5.41. The van der Waals surface area contributed by atoms with Gasteiger partial charge in [-0.2, -0.15) is 5.10 Å². The van der Waals surface area contributed by atoms with E-state index in [2.05, 4.69) is 15.4 Å². The van der Waals surface area contributed by atoms with Crippen LogP contribution in [0.2, 0.25) is 0 Å².